The fourth-order valence-corrected chi connectivity index (χ4v) is 4.78. The molecule has 2 fully saturated rings. The molecule has 4 heterocycles. The van der Waals surface area contributed by atoms with Crippen molar-refractivity contribution in [1.82, 2.24) is 19.9 Å². The number of rotatable bonds is 3. The summed E-state index contributed by atoms with van der Waals surface area (Å²) in [7, 11) is 2.15. The molecule has 2 N–H and O–H groups in total. The second-order valence-corrected chi connectivity index (χ2v) is 8.04. The monoisotopic (exact) mass is 378 g/mol. The summed E-state index contributed by atoms with van der Waals surface area (Å²) in [6, 6.07) is 10.9. The topological polar surface area (TPSA) is 65.0 Å². The van der Waals surface area contributed by atoms with Crippen LogP contribution in [0.25, 0.3) is 22.5 Å². The van der Waals surface area contributed by atoms with E-state index >= 15 is 0 Å². The normalized spacial score (nSPS) is 27.2. The molecule has 2 aromatic heterocycles. The van der Waals surface area contributed by atoms with Crippen LogP contribution in [0.1, 0.15) is 31.5 Å². The summed E-state index contributed by atoms with van der Waals surface area (Å²) in [5.74, 6) is 0.319. The molecule has 2 atom stereocenters. The van der Waals surface area contributed by atoms with Crippen molar-refractivity contribution in [3.8, 4) is 22.5 Å². The number of hydrogen-bond acceptors (Lipinski definition) is 4. The van der Waals surface area contributed by atoms with Crippen LogP contribution in [0.4, 0.5) is 4.39 Å². The van der Waals surface area contributed by atoms with E-state index in [1.54, 1.807) is 24.5 Å². The van der Waals surface area contributed by atoms with Crippen LogP contribution < -0.4 is 0 Å². The van der Waals surface area contributed by atoms with Gasteiger partial charge in [-0.3, -0.25) is 4.98 Å². The number of aromatic amines is 1. The van der Waals surface area contributed by atoms with Gasteiger partial charge < -0.3 is 15.0 Å². The van der Waals surface area contributed by atoms with Crippen LogP contribution in [-0.4, -0.2) is 44.1 Å². The van der Waals surface area contributed by atoms with Gasteiger partial charge in [-0.05, 0) is 69.1 Å². The van der Waals surface area contributed by atoms with E-state index in [1.807, 2.05) is 12.1 Å². The Labute approximate surface area is 163 Å². The standard InChI is InChI=1S/C22H23FN4O/c1-27-17-6-7-18(27)13-22(28,12-17)21-25-19(14-2-4-16(23)5-3-14)20(26-21)15-8-10-24-11-9-15/h2-5,8-11,17-18,28H,6-7,12-13H2,1H3,(H,25,26). The van der Waals surface area contributed by atoms with Gasteiger partial charge in [-0.25, -0.2) is 9.37 Å². The minimum atomic E-state index is -0.974. The lowest BCUT2D eigenvalue weighted by atomic mass is 9.86. The Morgan fingerprint density at radius 1 is 1.04 bits per heavy atom. The number of hydrogen-bond donors (Lipinski definition) is 2. The molecule has 28 heavy (non-hydrogen) atoms. The summed E-state index contributed by atoms with van der Waals surface area (Å²) in [5, 5.41) is 11.5. The van der Waals surface area contributed by atoms with Crippen LogP contribution in [0.3, 0.4) is 0 Å². The number of H-pyrrole nitrogens is 1. The first-order chi connectivity index (χ1) is 13.5. The van der Waals surface area contributed by atoms with Crippen molar-refractivity contribution in [2.24, 2.45) is 0 Å². The summed E-state index contributed by atoms with van der Waals surface area (Å²) in [4.78, 5) is 14.7. The Bertz CT molecular complexity index is 972. The largest absolute Gasteiger partial charge is 0.382 e. The van der Waals surface area contributed by atoms with E-state index in [0.29, 0.717) is 30.7 Å². The first-order valence-corrected chi connectivity index (χ1v) is 9.75. The third-order valence-corrected chi connectivity index (χ3v) is 6.36. The predicted molar refractivity (Wildman–Crippen MR) is 105 cm³/mol. The number of piperidine rings is 1. The zero-order valence-corrected chi connectivity index (χ0v) is 15.8. The molecule has 2 saturated heterocycles. The third kappa shape index (κ3) is 2.84. The molecule has 0 radical (unpaired) electrons. The van der Waals surface area contributed by atoms with Crippen molar-refractivity contribution >= 4 is 0 Å². The van der Waals surface area contributed by atoms with E-state index in [4.69, 9.17) is 4.98 Å². The molecule has 2 aliphatic rings. The molecule has 6 heteroatoms. The molecule has 144 valence electrons. The smallest absolute Gasteiger partial charge is 0.139 e. The van der Waals surface area contributed by atoms with Crippen molar-refractivity contribution in [3.05, 3.63) is 60.4 Å². The van der Waals surface area contributed by atoms with Crippen LogP contribution in [0.2, 0.25) is 0 Å². The fourth-order valence-electron chi connectivity index (χ4n) is 4.78. The number of aromatic nitrogens is 3. The van der Waals surface area contributed by atoms with Crippen LogP contribution in [-0.2, 0) is 5.60 Å². The average Bonchev–Trinajstić information content (AvgIpc) is 3.24. The molecular weight excluding hydrogens is 355 g/mol. The van der Waals surface area contributed by atoms with Gasteiger partial charge in [0.25, 0.3) is 0 Å². The van der Waals surface area contributed by atoms with Gasteiger partial charge in [0.1, 0.15) is 17.2 Å². The number of nitrogens with one attached hydrogen (secondary N) is 1. The van der Waals surface area contributed by atoms with E-state index < -0.39 is 5.60 Å². The van der Waals surface area contributed by atoms with E-state index in [9.17, 15) is 9.50 Å². The van der Waals surface area contributed by atoms with Gasteiger partial charge in [-0.2, -0.15) is 0 Å². The first kappa shape index (κ1) is 17.5. The van der Waals surface area contributed by atoms with E-state index in [2.05, 4.69) is 21.9 Å². The molecule has 2 aliphatic heterocycles. The van der Waals surface area contributed by atoms with Gasteiger partial charge in [-0.1, -0.05) is 0 Å². The van der Waals surface area contributed by atoms with Gasteiger partial charge in [0, 0.05) is 35.6 Å². The van der Waals surface area contributed by atoms with E-state index in [1.165, 1.54) is 12.1 Å². The van der Waals surface area contributed by atoms with Gasteiger partial charge in [-0.15, -0.1) is 0 Å². The highest BCUT2D eigenvalue weighted by atomic mass is 19.1. The van der Waals surface area contributed by atoms with Crippen LogP contribution in [0, 0.1) is 5.82 Å². The van der Waals surface area contributed by atoms with Crippen LogP contribution in [0.15, 0.2) is 48.8 Å². The highest BCUT2D eigenvalue weighted by Gasteiger charge is 2.48. The van der Waals surface area contributed by atoms with Gasteiger partial charge in [0.05, 0.1) is 11.4 Å². The maximum absolute atomic E-state index is 13.4. The fraction of sp³-hybridized carbons (Fsp3) is 0.364. The summed E-state index contributed by atoms with van der Waals surface area (Å²) in [6.45, 7) is 0. The zero-order valence-electron chi connectivity index (χ0n) is 15.8. The molecule has 2 unspecified atom stereocenters. The Balaban J connectivity index is 1.61. The Kier molecular flexibility index (Phi) is 4.07. The Morgan fingerprint density at radius 3 is 2.32 bits per heavy atom. The summed E-state index contributed by atoms with van der Waals surface area (Å²) in [6.07, 6.45) is 7.04. The van der Waals surface area contributed by atoms with Gasteiger partial charge in [0.2, 0.25) is 0 Å². The van der Waals surface area contributed by atoms with Crippen molar-refractivity contribution < 1.29 is 9.50 Å². The molecule has 5 nitrogen and oxygen atoms in total. The van der Waals surface area contributed by atoms with Crippen molar-refractivity contribution in [2.75, 3.05) is 7.05 Å². The van der Waals surface area contributed by atoms with Crippen LogP contribution >= 0.6 is 0 Å². The maximum atomic E-state index is 13.4. The molecule has 3 aromatic rings. The molecule has 0 saturated carbocycles. The molecular formula is C22H23FN4O. The van der Waals surface area contributed by atoms with Crippen molar-refractivity contribution in [2.45, 2.75) is 43.4 Å². The number of imidazole rings is 1. The average molecular weight is 378 g/mol. The number of fused-ring (bicyclic) bond motifs is 2. The van der Waals surface area contributed by atoms with Gasteiger partial charge >= 0.3 is 0 Å². The number of pyridine rings is 1. The lowest BCUT2D eigenvalue weighted by Crippen LogP contribution is -2.48. The highest BCUT2D eigenvalue weighted by Crippen LogP contribution is 2.45. The Morgan fingerprint density at radius 2 is 1.68 bits per heavy atom. The second-order valence-electron chi connectivity index (χ2n) is 8.04. The lowest BCUT2D eigenvalue weighted by molar-refractivity contribution is -0.0550. The molecule has 0 spiro atoms. The summed E-state index contributed by atoms with van der Waals surface area (Å²) < 4.78 is 13.4. The zero-order chi connectivity index (χ0) is 19.3. The minimum Gasteiger partial charge on any atom is -0.382 e. The van der Waals surface area contributed by atoms with E-state index in [0.717, 1.165) is 35.4 Å². The SMILES string of the molecule is CN1C2CCC1CC(O)(c1nc(-c3ccc(F)cc3)c(-c3ccncc3)[nH]1)C2. The molecule has 0 aliphatic carbocycles. The van der Waals surface area contributed by atoms with Gasteiger partial charge in [0.15, 0.2) is 0 Å². The van der Waals surface area contributed by atoms with Crippen LogP contribution in [0.5, 0.6) is 0 Å². The number of halogens is 1. The maximum Gasteiger partial charge on any atom is 0.139 e. The molecule has 0 amide bonds. The number of aliphatic hydroxyl groups is 1. The summed E-state index contributed by atoms with van der Waals surface area (Å²) in [5.41, 5.74) is 2.32. The molecule has 1 aromatic carbocycles. The number of nitrogens with zero attached hydrogens (tertiary/aromatic N) is 3. The third-order valence-electron chi connectivity index (χ3n) is 6.36. The molecule has 5 rings (SSSR count). The second kappa shape index (κ2) is 6.50. The minimum absolute atomic E-state index is 0.282. The predicted octanol–water partition coefficient (Wildman–Crippen LogP) is 3.72. The lowest BCUT2D eigenvalue weighted by Gasteiger charge is -2.41. The Hall–Kier alpha value is -2.57. The first-order valence-electron chi connectivity index (χ1n) is 9.75. The quantitative estimate of drug-likeness (QED) is 0.729. The highest BCUT2D eigenvalue weighted by molar-refractivity contribution is 5.78. The molecule has 2 bridgehead atoms. The number of benzene rings is 1. The van der Waals surface area contributed by atoms with E-state index in [-0.39, 0.29) is 5.82 Å². The van der Waals surface area contributed by atoms with Crippen molar-refractivity contribution in [3.63, 3.8) is 0 Å². The summed E-state index contributed by atoms with van der Waals surface area (Å²) >= 11 is 0. The van der Waals surface area contributed by atoms with Crippen molar-refractivity contribution in [1.29, 1.82) is 0 Å².